The quantitative estimate of drug-likeness (QED) is 0.717. The fourth-order valence-corrected chi connectivity index (χ4v) is 4.05. The predicted octanol–water partition coefficient (Wildman–Crippen LogP) is 4.60. The molecule has 122 valence electrons. The molecule has 2 aromatic heterocycles. The number of pyridine rings is 1. The topological polar surface area (TPSA) is 68.7 Å². The molecule has 0 amide bonds. The molecule has 3 aromatic rings. The Balaban J connectivity index is 1.93. The van der Waals surface area contributed by atoms with Gasteiger partial charge in [0.25, 0.3) is 5.56 Å². The summed E-state index contributed by atoms with van der Waals surface area (Å²) in [4.78, 5) is 16.2. The Morgan fingerprint density at radius 3 is 2.88 bits per heavy atom. The van der Waals surface area contributed by atoms with Gasteiger partial charge in [-0.15, -0.1) is 11.3 Å². The van der Waals surface area contributed by atoms with E-state index in [9.17, 15) is 10.1 Å². The second-order valence-corrected chi connectivity index (χ2v) is 7.18. The Labute approximate surface area is 148 Å². The number of nitrogens with one attached hydrogen (secondary N) is 2. The first-order valence-corrected chi connectivity index (χ1v) is 8.80. The summed E-state index contributed by atoms with van der Waals surface area (Å²) in [6, 6.07) is 9.46. The van der Waals surface area contributed by atoms with Crippen molar-refractivity contribution in [3.8, 4) is 6.07 Å². The van der Waals surface area contributed by atoms with Crippen LogP contribution in [0.15, 0.2) is 29.1 Å². The molecule has 6 heteroatoms. The number of benzene rings is 1. The third-order valence-corrected chi connectivity index (χ3v) is 5.34. The van der Waals surface area contributed by atoms with Crippen LogP contribution in [0.3, 0.4) is 0 Å². The van der Waals surface area contributed by atoms with E-state index in [1.807, 2.05) is 26.0 Å². The highest BCUT2D eigenvalue weighted by molar-refractivity contribution is 7.16. The molecule has 4 nitrogen and oxygen atoms in total. The Bertz CT molecular complexity index is 1010. The third kappa shape index (κ3) is 3.03. The van der Waals surface area contributed by atoms with Gasteiger partial charge in [0.1, 0.15) is 11.1 Å². The Hall–Kier alpha value is -2.29. The molecule has 0 saturated carbocycles. The van der Waals surface area contributed by atoms with Crippen LogP contribution in [0.5, 0.6) is 0 Å². The summed E-state index contributed by atoms with van der Waals surface area (Å²) in [6.07, 6.45) is 0.821. The Morgan fingerprint density at radius 2 is 2.17 bits per heavy atom. The summed E-state index contributed by atoms with van der Waals surface area (Å²) >= 11 is 7.57. The number of hydrogen-bond donors (Lipinski definition) is 2. The van der Waals surface area contributed by atoms with E-state index in [4.69, 9.17) is 11.6 Å². The van der Waals surface area contributed by atoms with Crippen molar-refractivity contribution in [1.82, 2.24) is 4.98 Å². The van der Waals surface area contributed by atoms with E-state index in [-0.39, 0.29) is 5.56 Å². The van der Waals surface area contributed by atoms with Crippen molar-refractivity contribution in [3.05, 3.63) is 61.2 Å². The van der Waals surface area contributed by atoms with Crippen LogP contribution in [0.4, 0.5) is 5.00 Å². The number of aromatic nitrogens is 1. The average Bonchev–Trinajstić information content (AvgIpc) is 2.87. The zero-order chi connectivity index (χ0) is 17.3. The van der Waals surface area contributed by atoms with Gasteiger partial charge in [0.15, 0.2) is 0 Å². The maximum absolute atomic E-state index is 12.2. The monoisotopic (exact) mass is 357 g/mol. The van der Waals surface area contributed by atoms with E-state index in [0.717, 1.165) is 32.8 Å². The van der Waals surface area contributed by atoms with Gasteiger partial charge < -0.3 is 10.3 Å². The number of rotatable bonds is 4. The SMILES string of the molecule is CCc1c(C)sc(NCc2cc3cc(Cl)ccc3[nH]c2=O)c1C#N. The van der Waals surface area contributed by atoms with Crippen LogP contribution in [0.1, 0.15) is 28.5 Å². The first kappa shape index (κ1) is 16.6. The fourth-order valence-electron chi connectivity index (χ4n) is 2.78. The molecule has 1 aromatic carbocycles. The summed E-state index contributed by atoms with van der Waals surface area (Å²) in [5, 5.41) is 15.0. The minimum absolute atomic E-state index is 0.139. The van der Waals surface area contributed by atoms with Crippen molar-refractivity contribution in [1.29, 1.82) is 5.26 Å². The van der Waals surface area contributed by atoms with Crippen LogP contribution in [0.25, 0.3) is 10.9 Å². The van der Waals surface area contributed by atoms with Crippen LogP contribution in [0.2, 0.25) is 5.02 Å². The van der Waals surface area contributed by atoms with E-state index >= 15 is 0 Å². The molecule has 0 bridgehead atoms. The van der Waals surface area contributed by atoms with E-state index in [2.05, 4.69) is 16.4 Å². The smallest absolute Gasteiger partial charge is 0.253 e. The van der Waals surface area contributed by atoms with Crippen molar-refractivity contribution in [2.24, 2.45) is 0 Å². The van der Waals surface area contributed by atoms with E-state index in [1.165, 1.54) is 0 Å². The van der Waals surface area contributed by atoms with Crippen molar-refractivity contribution in [3.63, 3.8) is 0 Å². The first-order chi connectivity index (χ1) is 11.5. The van der Waals surface area contributed by atoms with Gasteiger partial charge in [0, 0.05) is 32.9 Å². The van der Waals surface area contributed by atoms with Gasteiger partial charge in [0.05, 0.1) is 5.56 Å². The number of nitriles is 1. The lowest BCUT2D eigenvalue weighted by molar-refractivity contribution is 1.09. The zero-order valence-corrected chi connectivity index (χ0v) is 14.9. The van der Waals surface area contributed by atoms with Crippen molar-refractivity contribution < 1.29 is 0 Å². The fraction of sp³-hybridized carbons (Fsp3) is 0.222. The number of anilines is 1. The first-order valence-electron chi connectivity index (χ1n) is 7.61. The molecule has 0 aliphatic rings. The second kappa shape index (κ2) is 6.68. The summed E-state index contributed by atoms with van der Waals surface area (Å²) in [5.74, 6) is 0. The van der Waals surface area contributed by atoms with Crippen molar-refractivity contribution >= 4 is 38.8 Å². The number of thiophene rings is 1. The van der Waals surface area contributed by atoms with Gasteiger partial charge >= 0.3 is 0 Å². The van der Waals surface area contributed by atoms with Crippen LogP contribution >= 0.6 is 22.9 Å². The minimum Gasteiger partial charge on any atom is -0.372 e. The van der Waals surface area contributed by atoms with Crippen molar-refractivity contribution in [2.75, 3.05) is 5.32 Å². The highest BCUT2D eigenvalue weighted by atomic mass is 35.5. The summed E-state index contributed by atoms with van der Waals surface area (Å²) < 4.78 is 0. The van der Waals surface area contributed by atoms with Crippen LogP contribution in [-0.2, 0) is 13.0 Å². The highest BCUT2D eigenvalue weighted by Crippen LogP contribution is 2.33. The summed E-state index contributed by atoms with van der Waals surface area (Å²) in [5.41, 5.74) is 2.98. The molecule has 0 spiro atoms. The van der Waals surface area contributed by atoms with Gasteiger partial charge in [-0.2, -0.15) is 5.26 Å². The number of fused-ring (bicyclic) bond motifs is 1. The van der Waals surface area contributed by atoms with Gasteiger partial charge in [-0.1, -0.05) is 18.5 Å². The normalized spacial score (nSPS) is 10.8. The lowest BCUT2D eigenvalue weighted by Gasteiger charge is -2.06. The number of H-pyrrole nitrogens is 1. The van der Waals surface area contributed by atoms with E-state index in [1.54, 1.807) is 23.5 Å². The molecule has 0 unspecified atom stereocenters. The van der Waals surface area contributed by atoms with Crippen LogP contribution in [0, 0.1) is 18.3 Å². The Morgan fingerprint density at radius 1 is 1.38 bits per heavy atom. The molecule has 3 rings (SSSR count). The summed E-state index contributed by atoms with van der Waals surface area (Å²) in [7, 11) is 0. The maximum Gasteiger partial charge on any atom is 0.253 e. The Kier molecular flexibility index (Phi) is 4.61. The molecule has 2 N–H and O–H groups in total. The molecule has 2 heterocycles. The molecule has 0 aliphatic heterocycles. The molecular formula is C18H16ClN3OS. The van der Waals surface area contributed by atoms with Gasteiger partial charge in [-0.3, -0.25) is 4.79 Å². The van der Waals surface area contributed by atoms with E-state index < -0.39 is 0 Å². The maximum atomic E-state index is 12.2. The van der Waals surface area contributed by atoms with Gasteiger partial charge in [-0.05, 0) is 43.2 Å². The number of aromatic amines is 1. The van der Waals surface area contributed by atoms with Gasteiger partial charge in [0.2, 0.25) is 0 Å². The molecule has 0 saturated heterocycles. The van der Waals surface area contributed by atoms with Gasteiger partial charge in [-0.25, -0.2) is 0 Å². The molecule has 0 aliphatic carbocycles. The molecule has 0 radical (unpaired) electrons. The highest BCUT2D eigenvalue weighted by Gasteiger charge is 2.14. The number of nitrogens with zero attached hydrogens (tertiary/aromatic N) is 1. The second-order valence-electron chi connectivity index (χ2n) is 5.52. The lowest BCUT2D eigenvalue weighted by Crippen LogP contribution is -2.15. The predicted molar refractivity (Wildman–Crippen MR) is 100 cm³/mol. The zero-order valence-electron chi connectivity index (χ0n) is 13.4. The number of hydrogen-bond acceptors (Lipinski definition) is 4. The largest absolute Gasteiger partial charge is 0.372 e. The minimum atomic E-state index is -0.139. The standard InChI is InChI=1S/C18H16ClN3OS/c1-3-14-10(2)24-18(15(14)8-20)21-9-12-6-11-7-13(19)4-5-16(11)22-17(12)23/h4-7,21H,3,9H2,1-2H3,(H,22,23). The molecule has 24 heavy (non-hydrogen) atoms. The van der Waals surface area contributed by atoms with Crippen molar-refractivity contribution in [2.45, 2.75) is 26.8 Å². The lowest BCUT2D eigenvalue weighted by atomic mass is 10.1. The van der Waals surface area contributed by atoms with E-state index in [0.29, 0.717) is 22.7 Å². The molecular weight excluding hydrogens is 342 g/mol. The average molecular weight is 358 g/mol. The number of halogens is 1. The van der Waals surface area contributed by atoms with Crippen LogP contribution in [-0.4, -0.2) is 4.98 Å². The third-order valence-electron chi connectivity index (χ3n) is 4.00. The summed E-state index contributed by atoms with van der Waals surface area (Å²) in [6.45, 7) is 4.41. The number of aryl methyl sites for hydroxylation is 1. The van der Waals surface area contributed by atoms with Crippen LogP contribution < -0.4 is 10.9 Å². The molecule has 0 fully saturated rings. The molecule has 0 atom stereocenters.